The predicted octanol–water partition coefficient (Wildman–Crippen LogP) is 2.94. The number of halogens is 1. The number of ether oxygens (including phenoxy) is 2. The summed E-state index contributed by atoms with van der Waals surface area (Å²) >= 11 is 3.32. The largest absolute Gasteiger partial charge is 0.486 e. The molecule has 0 saturated carbocycles. The standard InChI is InChI=1S/C18H20BrN3O3/c1-2-22(11-18(23)21-17-8-7-13(19)9-20-17)10-14-12-24-15-5-3-4-6-16(15)25-14/h3-9,14H,2,10-12H2,1H3,(H,20,21,23). The summed E-state index contributed by atoms with van der Waals surface area (Å²) in [6.45, 7) is 4.12. The quantitative estimate of drug-likeness (QED) is 0.800. The molecule has 1 N–H and O–H groups in total. The number of anilines is 1. The second-order valence-corrected chi connectivity index (χ2v) is 6.65. The molecular weight excluding hydrogens is 386 g/mol. The molecule has 7 heteroatoms. The molecule has 6 nitrogen and oxygen atoms in total. The minimum absolute atomic E-state index is 0.103. The van der Waals surface area contributed by atoms with Crippen LogP contribution in [0.2, 0.25) is 0 Å². The summed E-state index contributed by atoms with van der Waals surface area (Å²) in [5.74, 6) is 1.95. The van der Waals surface area contributed by atoms with E-state index in [1.807, 2.05) is 42.2 Å². The van der Waals surface area contributed by atoms with Crippen molar-refractivity contribution in [2.45, 2.75) is 13.0 Å². The fourth-order valence-electron chi connectivity index (χ4n) is 2.58. The Bertz CT molecular complexity index is 724. The lowest BCUT2D eigenvalue weighted by molar-refractivity contribution is -0.117. The van der Waals surface area contributed by atoms with E-state index in [2.05, 4.69) is 26.2 Å². The Labute approximate surface area is 155 Å². The number of amides is 1. The van der Waals surface area contributed by atoms with Crippen molar-refractivity contribution in [3.63, 3.8) is 0 Å². The number of benzene rings is 1. The Morgan fingerprint density at radius 1 is 1.32 bits per heavy atom. The molecule has 1 aliphatic heterocycles. The number of carbonyl (C=O) groups excluding carboxylic acids is 1. The van der Waals surface area contributed by atoms with Crippen LogP contribution in [-0.4, -0.2) is 48.1 Å². The van der Waals surface area contributed by atoms with Crippen LogP contribution in [0.25, 0.3) is 0 Å². The first kappa shape index (κ1) is 17.7. The third-order valence-corrected chi connectivity index (χ3v) is 4.31. The highest BCUT2D eigenvalue weighted by Crippen LogP contribution is 2.30. The third kappa shape index (κ3) is 4.93. The van der Waals surface area contributed by atoms with Gasteiger partial charge in [-0.2, -0.15) is 0 Å². The number of carbonyl (C=O) groups is 1. The lowest BCUT2D eigenvalue weighted by Crippen LogP contribution is -2.43. The number of likely N-dealkylation sites (N-methyl/N-ethyl adjacent to an activating group) is 1. The molecule has 1 amide bonds. The summed E-state index contributed by atoms with van der Waals surface area (Å²) in [7, 11) is 0. The average molecular weight is 406 g/mol. The van der Waals surface area contributed by atoms with Crippen LogP contribution in [0.3, 0.4) is 0 Å². The van der Waals surface area contributed by atoms with Gasteiger partial charge >= 0.3 is 0 Å². The summed E-state index contributed by atoms with van der Waals surface area (Å²) < 4.78 is 12.6. The zero-order valence-corrected chi connectivity index (χ0v) is 15.5. The molecule has 0 saturated heterocycles. The molecule has 1 aliphatic rings. The first-order valence-corrected chi connectivity index (χ1v) is 8.95. The number of nitrogens with zero attached hydrogens (tertiary/aromatic N) is 2. The summed E-state index contributed by atoms with van der Waals surface area (Å²) in [5, 5.41) is 2.80. The maximum absolute atomic E-state index is 12.2. The Hall–Kier alpha value is -2.12. The van der Waals surface area contributed by atoms with E-state index >= 15 is 0 Å². The maximum atomic E-state index is 12.2. The lowest BCUT2D eigenvalue weighted by atomic mass is 10.2. The van der Waals surface area contributed by atoms with Crippen molar-refractivity contribution in [3.05, 3.63) is 47.1 Å². The number of aromatic nitrogens is 1. The van der Waals surface area contributed by atoms with Crippen LogP contribution >= 0.6 is 15.9 Å². The van der Waals surface area contributed by atoms with Gasteiger partial charge in [-0.25, -0.2) is 4.98 Å². The lowest BCUT2D eigenvalue weighted by Gasteiger charge is -2.30. The van der Waals surface area contributed by atoms with Gasteiger partial charge in [-0.3, -0.25) is 9.69 Å². The molecule has 0 radical (unpaired) electrons. The van der Waals surface area contributed by atoms with E-state index in [0.717, 1.165) is 22.5 Å². The first-order chi connectivity index (χ1) is 12.1. The van der Waals surface area contributed by atoms with Gasteiger partial charge in [0, 0.05) is 17.2 Å². The molecule has 1 atom stereocenters. The van der Waals surface area contributed by atoms with Gasteiger partial charge in [0.05, 0.1) is 6.54 Å². The first-order valence-electron chi connectivity index (χ1n) is 8.16. The monoisotopic (exact) mass is 405 g/mol. The minimum Gasteiger partial charge on any atom is -0.486 e. The fraction of sp³-hybridized carbons (Fsp3) is 0.333. The molecule has 1 aromatic carbocycles. The van der Waals surface area contributed by atoms with E-state index in [-0.39, 0.29) is 18.6 Å². The molecule has 0 aliphatic carbocycles. The van der Waals surface area contributed by atoms with Gasteiger partial charge in [-0.05, 0) is 46.7 Å². The fourth-order valence-corrected chi connectivity index (χ4v) is 2.82. The highest BCUT2D eigenvalue weighted by Gasteiger charge is 2.23. The molecule has 2 heterocycles. The number of hydrogen-bond acceptors (Lipinski definition) is 5. The van der Waals surface area contributed by atoms with E-state index < -0.39 is 0 Å². The normalized spacial score (nSPS) is 15.9. The number of para-hydroxylation sites is 2. The molecular formula is C18H20BrN3O3. The number of rotatable bonds is 6. The molecule has 25 heavy (non-hydrogen) atoms. The molecule has 3 rings (SSSR count). The Morgan fingerprint density at radius 2 is 2.12 bits per heavy atom. The van der Waals surface area contributed by atoms with Crippen LogP contribution in [0.5, 0.6) is 11.5 Å². The molecule has 2 aromatic rings. The molecule has 0 fully saturated rings. The Balaban J connectivity index is 1.52. The number of pyridine rings is 1. The van der Waals surface area contributed by atoms with Gasteiger partial charge in [-0.1, -0.05) is 19.1 Å². The number of nitrogens with one attached hydrogen (secondary N) is 1. The van der Waals surface area contributed by atoms with Gasteiger partial charge in [0.1, 0.15) is 18.5 Å². The van der Waals surface area contributed by atoms with Gasteiger partial charge in [0.2, 0.25) is 5.91 Å². The third-order valence-electron chi connectivity index (χ3n) is 3.84. The molecule has 1 aromatic heterocycles. The summed E-state index contributed by atoms with van der Waals surface area (Å²) in [6, 6.07) is 11.2. The molecule has 132 valence electrons. The van der Waals surface area contributed by atoms with Gasteiger partial charge < -0.3 is 14.8 Å². The molecule has 0 bridgehead atoms. The zero-order valence-electron chi connectivity index (χ0n) is 13.9. The SMILES string of the molecule is CCN(CC(=O)Nc1ccc(Br)cn1)CC1COc2ccccc2O1. The van der Waals surface area contributed by atoms with E-state index in [1.165, 1.54) is 0 Å². The average Bonchev–Trinajstić information content (AvgIpc) is 2.63. The van der Waals surface area contributed by atoms with Crippen molar-refractivity contribution in [2.75, 3.05) is 31.6 Å². The summed E-state index contributed by atoms with van der Waals surface area (Å²) in [4.78, 5) is 18.4. The second kappa shape index (κ2) is 8.31. The van der Waals surface area contributed by atoms with E-state index in [4.69, 9.17) is 9.47 Å². The van der Waals surface area contributed by atoms with E-state index in [1.54, 1.807) is 12.3 Å². The highest BCUT2D eigenvalue weighted by atomic mass is 79.9. The van der Waals surface area contributed by atoms with Crippen LogP contribution < -0.4 is 14.8 Å². The van der Waals surface area contributed by atoms with Crippen molar-refractivity contribution in [1.82, 2.24) is 9.88 Å². The zero-order chi connectivity index (χ0) is 17.6. The van der Waals surface area contributed by atoms with Gasteiger partial charge in [0.15, 0.2) is 11.5 Å². The van der Waals surface area contributed by atoms with Crippen molar-refractivity contribution in [1.29, 1.82) is 0 Å². The Kier molecular flexibility index (Phi) is 5.88. The van der Waals surface area contributed by atoms with Crippen LogP contribution in [0.15, 0.2) is 47.1 Å². The van der Waals surface area contributed by atoms with Crippen molar-refractivity contribution >= 4 is 27.7 Å². The topological polar surface area (TPSA) is 63.7 Å². The molecule has 0 spiro atoms. The number of hydrogen-bond donors (Lipinski definition) is 1. The van der Waals surface area contributed by atoms with E-state index in [0.29, 0.717) is 19.0 Å². The second-order valence-electron chi connectivity index (χ2n) is 5.74. The van der Waals surface area contributed by atoms with E-state index in [9.17, 15) is 4.79 Å². The maximum Gasteiger partial charge on any atom is 0.239 e. The number of fused-ring (bicyclic) bond motifs is 1. The Morgan fingerprint density at radius 3 is 2.84 bits per heavy atom. The van der Waals surface area contributed by atoms with Crippen LogP contribution in [-0.2, 0) is 4.79 Å². The molecule has 1 unspecified atom stereocenters. The van der Waals surface area contributed by atoms with Gasteiger partial charge in [-0.15, -0.1) is 0 Å². The van der Waals surface area contributed by atoms with Crippen LogP contribution in [0.1, 0.15) is 6.92 Å². The van der Waals surface area contributed by atoms with Crippen LogP contribution in [0, 0.1) is 0 Å². The summed E-state index contributed by atoms with van der Waals surface area (Å²) in [6.07, 6.45) is 1.55. The smallest absolute Gasteiger partial charge is 0.239 e. The van der Waals surface area contributed by atoms with Crippen LogP contribution in [0.4, 0.5) is 5.82 Å². The minimum atomic E-state index is -0.103. The van der Waals surface area contributed by atoms with Crippen molar-refractivity contribution < 1.29 is 14.3 Å². The van der Waals surface area contributed by atoms with Gasteiger partial charge in [0.25, 0.3) is 0 Å². The highest BCUT2D eigenvalue weighted by molar-refractivity contribution is 9.10. The predicted molar refractivity (Wildman–Crippen MR) is 99.0 cm³/mol. The van der Waals surface area contributed by atoms with Crippen molar-refractivity contribution in [3.8, 4) is 11.5 Å². The van der Waals surface area contributed by atoms with Crippen molar-refractivity contribution in [2.24, 2.45) is 0 Å². The summed E-state index contributed by atoms with van der Waals surface area (Å²) in [5.41, 5.74) is 0.